The maximum absolute atomic E-state index is 14.8. The first-order valence-corrected chi connectivity index (χ1v) is 10.1. The van der Waals surface area contributed by atoms with E-state index in [0.29, 0.717) is 17.7 Å². The van der Waals surface area contributed by atoms with Gasteiger partial charge in [0.25, 0.3) is 0 Å². The highest BCUT2D eigenvalue weighted by atomic mass is 32.2. The quantitative estimate of drug-likeness (QED) is 0.675. The van der Waals surface area contributed by atoms with Crippen molar-refractivity contribution in [3.05, 3.63) is 75.6 Å². The summed E-state index contributed by atoms with van der Waals surface area (Å²) in [5, 5.41) is 9.49. The van der Waals surface area contributed by atoms with Crippen molar-refractivity contribution in [3.8, 4) is 6.07 Å². The number of hydrogen-bond donors (Lipinski definition) is 0. The number of aromatic nitrogens is 1. The summed E-state index contributed by atoms with van der Waals surface area (Å²) in [6.07, 6.45) is 1.49. The number of anilines is 1. The third kappa shape index (κ3) is 3.48. The third-order valence-corrected chi connectivity index (χ3v) is 5.83. The molecule has 0 amide bonds. The number of fused-ring (bicyclic) bond motifs is 1. The molecule has 0 aliphatic carbocycles. The molecule has 0 N–H and O–H groups in total. The largest absolute Gasteiger partial charge is 0.367 e. The van der Waals surface area contributed by atoms with Crippen LogP contribution in [0.15, 0.2) is 47.4 Å². The van der Waals surface area contributed by atoms with Crippen molar-refractivity contribution in [2.45, 2.75) is 6.54 Å². The minimum Gasteiger partial charge on any atom is -0.367 e. The molecule has 1 aromatic heterocycles. The van der Waals surface area contributed by atoms with Crippen LogP contribution in [0.1, 0.15) is 11.1 Å². The third-order valence-electron chi connectivity index (χ3n) is 4.89. The van der Waals surface area contributed by atoms with Crippen molar-refractivity contribution in [2.75, 3.05) is 29.5 Å². The molecular formula is C21H17F2N3OS. The first-order chi connectivity index (χ1) is 13.6. The van der Waals surface area contributed by atoms with Crippen LogP contribution >= 0.6 is 11.8 Å². The van der Waals surface area contributed by atoms with E-state index in [4.69, 9.17) is 0 Å². The number of nitrogens with zero attached hydrogens (tertiary/aromatic N) is 3. The van der Waals surface area contributed by atoms with Gasteiger partial charge in [0.15, 0.2) is 0 Å². The lowest BCUT2D eigenvalue weighted by atomic mass is 10.1. The van der Waals surface area contributed by atoms with E-state index in [1.807, 2.05) is 22.7 Å². The first kappa shape index (κ1) is 18.5. The molecule has 7 heteroatoms. The van der Waals surface area contributed by atoms with Crippen LogP contribution < -0.4 is 10.3 Å². The van der Waals surface area contributed by atoms with Crippen LogP contribution in [0.2, 0.25) is 0 Å². The van der Waals surface area contributed by atoms with E-state index in [2.05, 4.69) is 0 Å². The van der Waals surface area contributed by atoms with Crippen LogP contribution in [0, 0.1) is 23.0 Å². The Kier molecular flexibility index (Phi) is 5.05. The predicted octanol–water partition coefficient (Wildman–Crippen LogP) is 3.75. The van der Waals surface area contributed by atoms with Gasteiger partial charge in [-0.3, -0.25) is 4.79 Å². The Labute approximate surface area is 165 Å². The van der Waals surface area contributed by atoms with Gasteiger partial charge in [0.05, 0.1) is 16.6 Å². The van der Waals surface area contributed by atoms with Gasteiger partial charge < -0.3 is 9.47 Å². The molecule has 0 atom stereocenters. The van der Waals surface area contributed by atoms with Crippen molar-refractivity contribution in [2.24, 2.45) is 0 Å². The molecule has 0 unspecified atom stereocenters. The molecule has 1 fully saturated rings. The number of hydrogen-bond acceptors (Lipinski definition) is 4. The van der Waals surface area contributed by atoms with E-state index in [-0.39, 0.29) is 16.8 Å². The molecule has 3 aromatic rings. The summed E-state index contributed by atoms with van der Waals surface area (Å²) in [6, 6.07) is 10.8. The lowest BCUT2D eigenvalue weighted by Crippen LogP contribution is -2.33. The van der Waals surface area contributed by atoms with Crippen molar-refractivity contribution < 1.29 is 8.78 Å². The number of nitriles is 1. The zero-order chi connectivity index (χ0) is 19.7. The Balaban J connectivity index is 1.88. The van der Waals surface area contributed by atoms with Crippen LogP contribution in [-0.2, 0) is 6.54 Å². The molecule has 0 spiro atoms. The number of benzene rings is 2. The fourth-order valence-electron chi connectivity index (χ4n) is 3.44. The molecule has 0 radical (unpaired) electrons. The molecule has 28 heavy (non-hydrogen) atoms. The highest BCUT2D eigenvalue weighted by Gasteiger charge is 2.19. The summed E-state index contributed by atoms with van der Waals surface area (Å²) in [4.78, 5) is 14.6. The molecule has 4 rings (SSSR count). The normalized spacial score (nSPS) is 14.2. The maximum atomic E-state index is 14.8. The van der Waals surface area contributed by atoms with Crippen LogP contribution in [0.3, 0.4) is 0 Å². The Morgan fingerprint density at radius 2 is 1.82 bits per heavy atom. The first-order valence-electron chi connectivity index (χ1n) is 8.91. The van der Waals surface area contributed by atoms with E-state index in [1.54, 1.807) is 22.8 Å². The van der Waals surface area contributed by atoms with E-state index in [1.165, 1.54) is 24.4 Å². The lowest BCUT2D eigenvalue weighted by Gasteiger charge is -2.29. The molecule has 0 saturated carbocycles. The average molecular weight is 397 g/mol. The van der Waals surface area contributed by atoms with E-state index >= 15 is 0 Å². The number of rotatable bonds is 3. The van der Waals surface area contributed by atoms with Crippen LogP contribution in [-0.4, -0.2) is 29.2 Å². The highest BCUT2D eigenvalue weighted by Crippen LogP contribution is 2.27. The second kappa shape index (κ2) is 7.64. The van der Waals surface area contributed by atoms with Crippen LogP contribution in [0.25, 0.3) is 10.9 Å². The summed E-state index contributed by atoms with van der Waals surface area (Å²) in [6.45, 7) is 1.82. The zero-order valence-electron chi connectivity index (χ0n) is 15.0. The molecule has 4 nitrogen and oxygen atoms in total. The summed E-state index contributed by atoms with van der Waals surface area (Å²) in [5.74, 6) is 1.05. The van der Waals surface area contributed by atoms with E-state index in [0.717, 1.165) is 30.2 Å². The van der Waals surface area contributed by atoms with Crippen molar-refractivity contribution in [3.63, 3.8) is 0 Å². The predicted molar refractivity (Wildman–Crippen MR) is 108 cm³/mol. The van der Waals surface area contributed by atoms with Crippen LogP contribution in [0.4, 0.5) is 14.5 Å². The Hall–Kier alpha value is -2.85. The molecule has 1 aliphatic rings. The second-order valence-corrected chi connectivity index (χ2v) is 7.88. The van der Waals surface area contributed by atoms with Crippen LogP contribution in [0.5, 0.6) is 0 Å². The second-order valence-electron chi connectivity index (χ2n) is 6.66. The van der Waals surface area contributed by atoms with Gasteiger partial charge in [0, 0.05) is 37.3 Å². The Morgan fingerprint density at radius 3 is 2.50 bits per heavy atom. The van der Waals surface area contributed by atoms with Gasteiger partial charge in [-0.1, -0.05) is 12.1 Å². The standard InChI is InChI=1S/C21H17F2N3OS/c22-16-3-1-14(2-4-16)12-26-13-15(11-24)21(27)17-9-18(23)20(10-19(17)26)25-5-7-28-8-6-25/h1-4,9-10,13H,5-8,12H2. The molecule has 2 aromatic carbocycles. The number of thioether (sulfide) groups is 1. The number of pyridine rings is 1. The summed E-state index contributed by atoms with van der Waals surface area (Å²) in [5.41, 5.74) is 1.31. The summed E-state index contributed by atoms with van der Waals surface area (Å²) in [7, 11) is 0. The summed E-state index contributed by atoms with van der Waals surface area (Å²) >= 11 is 1.83. The Bertz CT molecular complexity index is 1130. The van der Waals surface area contributed by atoms with Crippen molar-refractivity contribution in [1.29, 1.82) is 5.26 Å². The monoisotopic (exact) mass is 397 g/mol. The van der Waals surface area contributed by atoms with Gasteiger partial charge in [0.2, 0.25) is 5.43 Å². The maximum Gasteiger partial charge on any atom is 0.207 e. The topological polar surface area (TPSA) is 49.0 Å². The molecule has 142 valence electrons. The fourth-order valence-corrected chi connectivity index (χ4v) is 4.35. The summed E-state index contributed by atoms with van der Waals surface area (Å²) < 4.78 is 29.8. The molecule has 0 bridgehead atoms. The molecular weight excluding hydrogens is 380 g/mol. The van der Waals surface area contributed by atoms with Gasteiger partial charge >= 0.3 is 0 Å². The highest BCUT2D eigenvalue weighted by molar-refractivity contribution is 7.99. The fraction of sp³-hybridized carbons (Fsp3) is 0.238. The minimum atomic E-state index is -0.479. The van der Waals surface area contributed by atoms with Gasteiger partial charge in [-0.25, -0.2) is 8.78 Å². The minimum absolute atomic E-state index is 0.0452. The SMILES string of the molecule is N#Cc1cn(Cc2ccc(F)cc2)c2cc(N3CCSCC3)c(F)cc2c1=O. The van der Waals surface area contributed by atoms with Gasteiger partial charge in [-0.2, -0.15) is 17.0 Å². The van der Waals surface area contributed by atoms with Gasteiger partial charge in [-0.05, 0) is 29.8 Å². The molecule has 2 heterocycles. The van der Waals surface area contributed by atoms with Crippen molar-refractivity contribution in [1.82, 2.24) is 4.57 Å². The average Bonchev–Trinajstić information content (AvgIpc) is 2.72. The van der Waals surface area contributed by atoms with E-state index < -0.39 is 11.2 Å². The lowest BCUT2D eigenvalue weighted by molar-refractivity contribution is 0.620. The number of halogens is 2. The smallest absolute Gasteiger partial charge is 0.207 e. The Morgan fingerprint density at radius 1 is 1.11 bits per heavy atom. The van der Waals surface area contributed by atoms with Gasteiger partial charge in [-0.15, -0.1) is 0 Å². The molecule has 1 aliphatic heterocycles. The molecule has 1 saturated heterocycles. The van der Waals surface area contributed by atoms with E-state index in [9.17, 15) is 18.8 Å². The zero-order valence-corrected chi connectivity index (χ0v) is 15.8. The van der Waals surface area contributed by atoms with Crippen molar-refractivity contribution >= 4 is 28.4 Å². The van der Waals surface area contributed by atoms with Gasteiger partial charge in [0.1, 0.15) is 23.3 Å².